The van der Waals surface area contributed by atoms with E-state index in [0.717, 1.165) is 26.9 Å². The Balaban J connectivity index is 1.87. The zero-order valence-corrected chi connectivity index (χ0v) is 22.1. The first kappa shape index (κ1) is 26.0. The summed E-state index contributed by atoms with van der Waals surface area (Å²) >= 11 is 4.97. The Labute approximate surface area is 215 Å². The zero-order chi connectivity index (χ0) is 24.3. The number of carbonyl (C=O) groups excluding carboxylic acids is 2. The van der Waals surface area contributed by atoms with Gasteiger partial charge in [0.05, 0.1) is 5.75 Å². The van der Waals surface area contributed by atoms with E-state index in [2.05, 4.69) is 21.2 Å². The average molecular weight is 540 g/mol. The number of halogens is 1. The molecule has 0 radical (unpaired) electrons. The summed E-state index contributed by atoms with van der Waals surface area (Å²) in [5.74, 6) is 0.101. The minimum Gasteiger partial charge on any atom is -0.354 e. The first-order valence-corrected chi connectivity index (χ1v) is 13.3. The van der Waals surface area contributed by atoms with E-state index in [9.17, 15) is 9.59 Å². The molecule has 6 heteroatoms. The van der Waals surface area contributed by atoms with Gasteiger partial charge in [0.25, 0.3) is 0 Å². The van der Waals surface area contributed by atoms with Gasteiger partial charge in [-0.25, -0.2) is 0 Å². The molecule has 0 aliphatic heterocycles. The molecule has 0 aromatic heterocycles. The van der Waals surface area contributed by atoms with Crippen LogP contribution in [0.5, 0.6) is 0 Å². The molecular weight excluding hydrogens is 508 g/mol. The highest BCUT2D eigenvalue weighted by Gasteiger charge is 2.30. The number of nitrogens with zero attached hydrogens (tertiary/aromatic N) is 1. The number of aryl methyl sites for hydroxylation is 1. The lowest BCUT2D eigenvalue weighted by atomic mass is 10.0. The molecule has 0 bridgehead atoms. The lowest BCUT2D eigenvalue weighted by molar-refractivity contribution is -0.139. The van der Waals surface area contributed by atoms with Crippen LogP contribution in [0.3, 0.4) is 0 Å². The van der Waals surface area contributed by atoms with Crippen molar-refractivity contribution in [3.05, 3.63) is 100 Å². The average Bonchev–Trinajstić information content (AvgIpc) is 2.86. The van der Waals surface area contributed by atoms with Gasteiger partial charge < -0.3 is 10.2 Å². The van der Waals surface area contributed by atoms with E-state index in [1.807, 2.05) is 92.7 Å². The molecule has 0 saturated carbocycles. The molecule has 0 spiro atoms. The SMILES string of the molecule is CCCNC(=O)[C@H](Cc1ccccc1)N(Cc1ccc(Br)cc1)C(=O)CSc1ccc(C)cc1. The van der Waals surface area contributed by atoms with E-state index in [1.165, 1.54) is 17.3 Å². The standard InChI is InChI=1S/C28H31BrN2O2S/c1-3-17-30-28(33)26(18-22-7-5-4-6-8-22)31(19-23-11-13-24(29)14-12-23)27(32)20-34-25-15-9-21(2)10-16-25/h4-16,26H,3,17-20H2,1-2H3,(H,30,33)/t26-/m0/s1. The fraction of sp³-hybridized carbons (Fsp3) is 0.286. The number of benzene rings is 3. The molecule has 2 amide bonds. The second kappa shape index (κ2) is 13.4. The van der Waals surface area contributed by atoms with Crippen LogP contribution in [-0.4, -0.2) is 35.1 Å². The van der Waals surface area contributed by atoms with Crippen LogP contribution < -0.4 is 5.32 Å². The molecule has 178 valence electrons. The molecule has 3 aromatic carbocycles. The van der Waals surface area contributed by atoms with E-state index >= 15 is 0 Å². The number of thioether (sulfide) groups is 1. The molecule has 4 nitrogen and oxygen atoms in total. The summed E-state index contributed by atoms with van der Waals surface area (Å²) in [7, 11) is 0. The first-order chi connectivity index (χ1) is 16.5. The van der Waals surface area contributed by atoms with Crippen molar-refractivity contribution in [2.24, 2.45) is 0 Å². The molecule has 0 heterocycles. The van der Waals surface area contributed by atoms with Crippen molar-refractivity contribution in [3.63, 3.8) is 0 Å². The predicted molar refractivity (Wildman–Crippen MR) is 144 cm³/mol. The molecule has 0 fully saturated rings. The molecule has 1 N–H and O–H groups in total. The third-order valence-corrected chi connectivity index (χ3v) is 7.00. The van der Waals surface area contributed by atoms with Gasteiger partial charge in [0.1, 0.15) is 6.04 Å². The van der Waals surface area contributed by atoms with Crippen molar-refractivity contribution in [2.45, 2.75) is 44.2 Å². The van der Waals surface area contributed by atoms with Gasteiger partial charge in [-0.3, -0.25) is 9.59 Å². The van der Waals surface area contributed by atoms with Gasteiger partial charge >= 0.3 is 0 Å². The van der Waals surface area contributed by atoms with Crippen LogP contribution in [0.15, 0.2) is 88.2 Å². The van der Waals surface area contributed by atoms with Crippen molar-refractivity contribution in [1.29, 1.82) is 0 Å². The number of hydrogen-bond acceptors (Lipinski definition) is 3. The molecule has 0 saturated heterocycles. The van der Waals surface area contributed by atoms with Crippen LogP contribution in [-0.2, 0) is 22.6 Å². The summed E-state index contributed by atoms with van der Waals surface area (Å²) in [5.41, 5.74) is 3.19. The lowest BCUT2D eigenvalue weighted by Gasteiger charge is -2.31. The quantitative estimate of drug-likeness (QED) is 0.304. The summed E-state index contributed by atoms with van der Waals surface area (Å²) in [4.78, 5) is 29.6. The summed E-state index contributed by atoms with van der Waals surface area (Å²) in [5, 5.41) is 3.02. The van der Waals surface area contributed by atoms with Crippen molar-refractivity contribution in [3.8, 4) is 0 Å². The minimum atomic E-state index is -0.594. The van der Waals surface area contributed by atoms with Crippen LogP contribution in [0, 0.1) is 6.92 Å². The summed E-state index contributed by atoms with van der Waals surface area (Å²) in [6.07, 6.45) is 1.31. The molecule has 0 aliphatic carbocycles. The Morgan fingerprint density at radius 1 is 0.941 bits per heavy atom. The monoisotopic (exact) mass is 538 g/mol. The van der Waals surface area contributed by atoms with Crippen LogP contribution in [0.4, 0.5) is 0 Å². The Bertz CT molecular complexity index is 1060. The minimum absolute atomic E-state index is 0.0546. The highest BCUT2D eigenvalue weighted by atomic mass is 79.9. The highest BCUT2D eigenvalue weighted by Crippen LogP contribution is 2.22. The third-order valence-electron chi connectivity index (χ3n) is 5.47. The second-order valence-corrected chi connectivity index (χ2v) is 10.2. The van der Waals surface area contributed by atoms with Gasteiger partial charge in [0.15, 0.2) is 0 Å². The zero-order valence-electron chi connectivity index (χ0n) is 19.7. The smallest absolute Gasteiger partial charge is 0.243 e. The van der Waals surface area contributed by atoms with Crippen LogP contribution in [0.2, 0.25) is 0 Å². The molecule has 3 aromatic rings. The van der Waals surface area contributed by atoms with Gasteiger partial charge in [-0.2, -0.15) is 0 Å². The molecule has 3 rings (SSSR count). The molecule has 34 heavy (non-hydrogen) atoms. The topological polar surface area (TPSA) is 49.4 Å². The summed E-state index contributed by atoms with van der Waals surface area (Å²) in [6.45, 7) is 5.03. The van der Waals surface area contributed by atoms with Gasteiger partial charge in [-0.1, -0.05) is 83.0 Å². The number of nitrogens with one attached hydrogen (secondary N) is 1. The fourth-order valence-corrected chi connectivity index (χ4v) is 4.62. The molecule has 1 atom stereocenters. The number of hydrogen-bond donors (Lipinski definition) is 1. The number of rotatable bonds is 11. The van der Waals surface area contributed by atoms with E-state index in [4.69, 9.17) is 0 Å². The van der Waals surface area contributed by atoms with Gasteiger partial charge in [-0.15, -0.1) is 11.8 Å². The van der Waals surface area contributed by atoms with Crippen LogP contribution in [0.25, 0.3) is 0 Å². The van der Waals surface area contributed by atoms with E-state index < -0.39 is 6.04 Å². The number of amides is 2. The van der Waals surface area contributed by atoms with Crippen LogP contribution in [0.1, 0.15) is 30.0 Å². The largest absolute Gasteiger partial charge is 0.354 e. The Kier molecular flexibility index (Phi) is 10.2. The Morgan fingerprint density at radius 3 is 2.26 bits per heavy atom. The Morgan fingerprint density at radius 2 is 1.62 bits per heavy atom. The molecule has 0 unspecified atom stereocenters. The summed E-state index contributed by atoms with van der Waals surface area (Å²) < 4.78 is 0.977. The predicted octanol–water partition coefficient (Wildman–Crippen LogP) is 6.02. The van der Waals surface area contributed by atoms with Gasteiger partial charge in [0, 0.05) is 28.9 Å². The maximum atomic E-state index is 13.6. The van der Waals surface area contributed by atoms with E-state index in [0.29, 0.717) is 19.5 Å². The maximum absolute atomic E-state index is 13.6. The first-order valence-electron chi connectivity index (χ1n) is 11.5. The van der Waals surface area contributed by atoms with Crippen molar-refractivity contribution in [1.82, 2.24) is 10.2 Å². The van der Waals surface area contributed by atoms with Crippen molar-refractivity contribution >= 4 is 39.5 Å². The van der Waals surface area contributed by atoms with E-state index in [1.54, 1.807) is 4.90 Å². The normalized spacial score (nSPS) is 11.6. The molecule has 0 aliphatic rings. The highest BCUT2D eigenvalue weighted by molar-refractivity contribution is 9.10. The van der Waals surface area contributed by atoms with Crippen molar-refractivity contribution < 1.29 is 9.59 Å². The molecular formula is C28H31BrN2O2S. The van der Waals surface area contributed by atoms with Gasteiger partial charge in [-0.05, 0) is 48.7 Å². The fourth-order valence-electron chi connectivity index (χ4n) is 3.57. The second-order valence-electron chi connectivity index (χ2n) is 8.25. The maximum Gasteiger partial charge on any atom is 0.243 e. The lowest BCUT2D eigenvalue weighted by Crippen LogP contribution is -2.51. The van der Waals surface area contributed by atoms with Gasteiger partial charge in [0.2, 0.25) is 11.8 Å². The van der Waals surface area contributed by atoms with Crippen LogP contribution >= 0.6 is 27.7 Å². The Hall–Kier alpha value is -2.57. The summed E-state index contributed by atoms with van der Waals surface area (Å²) in [6, 6.07) is 25.3. The van der Waals surface area contributed by atoms with E-state index in [-0.39, 0.29) is 17.6 Å². The number of carbonyl (C=O) groups is 2. The third kappa shape index (κ3) is 8.03. The van der Waals surface area contributed by atoms with Crippen molar-refractivity contribution in [2.75, 3.05) is 12.3 Å².